The molecule has 1 N–H and O–H groups in total. The summed E-state index contributed by atoms with van der Waals surface area (Å²) < 4.78 is 15.9. The average molecular weight is 400 g/mol. The second-order valence-corrected chi connectivity index (χ2v) is 6.78. The Hall–Kier alpha value is -2.73. The van der Waals surface area contributed by atoms with Crippen molar-refractivity contribution in [3.63, 3.8) is 0 Å². The number of aliphatic imine (C=N–C) groups is 1. The number of nitrogens with one attached hydrogen (secondary N) is 1. The van der Waals surface area contributed by atoms with E-state index in [4.69, 9.17) is 19.2 Å². The number of ether oxygens (including phenoxy) is 3. The maximum absolute atomic E-state index is 5.40. The van der Waals surface area contributed by atoms with Gasteiger partial charge in [-0.1, -0.05) is 30.3 Å². The van der Waals surface area contributed by atoms with Crippen molar-refractivity contribution < 1.29 is 14.2 Å². The Labute approximate surface area is 174 Å². The molecule has 0 fully saturated rings. The lowest BCUT2D eigenvalue weighted by Crippen LogP contribution is -2.39. The molecule has 2 rings (SSSR count). The molecule has 0 spiro atoms. The van der Waals surface area contributed by atoms with E-state index in [0.717, 1.165) is 42.5 Å². The van der Waals surface area contributed by atoms with Crippen LogP contribution in [0.4, 0.5) is 0 Å². The second-order valence-electron chi connectivity index (χ2n) is 6.78. The highest BCUT2D eigenvalue weighted by molar-refractivity contribution is 5.79. The Balaban J connectivity index is 2.02. The Morgan fingerprint density at radius 1 is 0.966 bits per heavy atom. The first-order valence-corrected chi connectivity index (χ1v) is 9.88. The molecule has 0 heterocycles. The van der Waals surface area contributed by atoms with Crippen LogP contribution in [-0.4, -0.2) is 52.3 Å². The fourth-order valence-electron chi connectivity index (χ4n) is 3.06. The van der Waals surface area contributed by atoms with Crippen LogP contribution in [0.15, 0.2) is 47.5 Å². The molecule has 0 saturated heterocycles. The van der Waals surface area contributed by atoms with Gasteiger partial charge in [0.2, 0.25) is 0 Å². The maximum atomic E-state index is 5.40. The number of methoxy groups -OCH3 is 3. The lowest BCUT2D eigenvalue weighted by molar-refractivity contribution is 0.185. The molecule has 6 heteroatoms. The van der Waals surface area contributed by atoms with Crippen molar-refractivity contribution in [1.29, 1.82) is 0 Å². The van der Waals surface area contributed by atoms with Gasteiger partial charge in [-0.25, -0.2) is 4.99 Å². The van der Waals surface area contributed by atoms with Crippen molar-refractivity contribution in [1.82, 2.24) is 10.2 Å². The van der Waals surface area contributed by atoms with Crippen LogP contribution in [-0.2, 0) is 24.3 Å². The zero-order valence-electron chi connectivity index (χ0n) is 18.2. The van der Waals surface area contributed by atoms with Gasteiger partial charge in [0, 0.05) is 27.2 Å². The third-order valence-electron chi connectivity index (χ3n) is 4.59. The molecular weight excluding hydrogens is 366 g/mol. The van der Waals surface area contributed by atoms with Crippen molar-refractivity contribution in [3.8, 4) is 11.5 Å². The third-order valence-corrected chi connectivity index (χ3v) is 4.59. The molecule has 2 aromatic carbocycles. The van der Waals surface area contributed by atoms with Gasteiger partial charge < -0.3 is 24.4 Å². The van der Waals surface area contributed by atoms with Gasteiger partial charge in [0.25, 0.3) is 0 Å². The van der Waals surface area contributed by atoms with Crippen LogP contribution in [0.25, 0.3) is 0 Å². The molecule has 0 bridgehead atoms. The molecular formula is C23H33N3O3. The Kier molecular flexibility index (Phi) is 9.31. The Bertz CT molecular complexity index is 793. The predicted molar refractivity (Wildman–Crippen MR) is 118 cm³/mol. The van der Waals surface area contributed by atoms with Gasteiger partial charge >= 0.3 is 0 Å². The topological polar surface area (TPSA) is 55.3 Å². The van der Waals surface area contributed by atoms with E-state index in [9.17, 15) is 0 Å². The molecule has 0 atom stereocenters. The van der Waals surface area contributed by atoms with E-state index in [1.54, 1.807) is 21.3 Å². The first kappa shape index (κ1) is 22.6. The Morgan fingerprint density at radius 2 is 1.72 bits per heavy atom. The molecule has 6 nitrogen and oxygen atoms in total. The van der Waals surface area contributed by atoms with Gasteiger partial charge in [0.1, 0.15) is 0 Å². The van der Waals surface area contributed by atoms with E-state index in [0.29, 0.717) is 13.2 Å². The molecule has 0 radical (unpaired) electrons. The van der Waals surface area contributed by atoms with E-state index < -0.39 is 0 Å². The first-order chi connectivity index (χ1) is 14.1. The molecule has 158 valence electrons. The van der Waals surface area contributed by atoms with E-state index in [-0.39, 0.29) is 0 Å². The van der Waals surface area contributed by atoms with Crippen molar-refractivity contribution in [2.45, 2.75) is 26.5 Å². The third kappa shape index (κ3) is 6.98. The van der Waals surface area contributed by atoms with Gasteiger partial charge in [-0.3, -0.25) is 0 Å². The molecule has 0 aliphatic heterocycles. The second kappa shape index (κ2) is 12.0. The van der Waals surface area contributed by atoms with Crippen molar-refractivity contribution in [2.75, 3.05) is 41.5 Å². The normalized spacial score (nSPS) is 11.3. The SMILES string of the molecule is CCNC(=NCc1cccc(COC)c1)N(C)CCc1ccc(OC)c(OC)c1. The first-order valence-electron chi connectivity index (χ1n) is 9.88. The molecule has 2 aromatic rings. The average Bonchev–Trinajstić information content (AvgIpc) is 2.75. The number of likely N-dealkylation sites (N-methyl/N-ethyl adjacent to an activating group) is 1. The molecule has 0 aromatic heterocycles. The number of rotatable bonds is 10. The lowest BCUT2D eigenvalue weighted by atomic mass is 10.1. The van der Waals surface area contributed by atoms with Crippen LogP contribution in [0.1, 0.15) is 23.6 Å². The summed E-state index contributed by atoms with van der Waals surface area (Å²) in [6.45, 7) is 4.98. The molecule has 0 aliphatic rings. The van der Waals surface area contributed by atoms with Gasteiger partial charge in [-0.15, -0.1) is 0 Å². The smallest absolute Gasteiger partial charge is 0.193 e. The molecule has 0 amide bonds. The summed E-state index contributed by atoms with van der Waals surface area (Å²) >= 11 is 0. The maximum Gasteiger partial charge on any atom is 0.193 e. The minimum absolute atomic E-state index is 0.614. The molecule has 29 heavy (non-hydrogen) atoms. The zero-order valence-corrected chi connectivity index (χ0v) is 18.2. The zero-order chi connectivity index (χ0) is 21.1. The molecule has 0 unspecified atom stereocenters. The van der Waals surface area contributed by atoms with Crippen molar-refractivity contribution >= 4 is 5.96 Å². The van der Waals surface area contributed by atoms with Crippen LogP contribution in [0.5, 0.6) is 11.5 Å². The highest BCUT2D eigenvalue weighted by atomic mass is 16.5. The van der Waals surface area contributed by atoms with Crippen molar-refractivity contribution in [2.24, 2.45) is 4.99 Å². The highest BCUT2D eigenvalue weighted by Crippen LogP contribution is 2.27. The fourth-order valence-corrected chi connectivity index (χ4v) is 3.06. The minimum Gasteiger partial charge on any atom is -0.493 e. The van der Waals surface area contributed by atoms with Crippen LogP contribution in [0, 0.1) is 0 Å². The van der Waals surface area contributed by atoms with Gasteiger partial charge in [0.15, 0.2) is 17.5 Å². The highest BCUT2D eigenvalue weighted by Gasteiger charge is 2.09. The Morgan fingerprint density at radius 3 is 2.41 bits per heavy atom. The quantitative estimate of drug-likeness (QED) is 0.490. The summed E-state index contributed by atoms with van der Waals surface area (Å²) in [7, 11) is 7.08. The number of hydrogen-bond acceptors (Lipinski definition) is 4. The van der Waals surface area contributed by atoms with E-state index in [1.807, 2.05) is 18.2 Å². The number of benzene rings is 2. The number of nitrogens with zero attached hydrogens (tertiary/aromatic N) is 2. The monoisotopic (exact) mass is 399 g/mol. The minimum atomic E-state index is 0.614. The van der Waals surface area contributed by atoms with Crippen LogP contribution >= 0.6 is 0 Å². The predicted octanol–water partition coefficient (Wildman–Crippen LogP) is 3.49. The van der Waals surface area contributed by atoms with Crippen LogP contribution < -0.4 is 14.8 Å². The molecule has 0 saturated carbocycles. The van der Waals surface area contributed by atoms with E-state index >= 15 is 0 Å². The summed E-state index contributed by atoms with van der Waals surface area (Å²) in [6.07, 6.45) is 0.880. The summed E-state index contributed by atoms with van der Waals surface area (Å²) in [4.78, 5) is 6.96. The van der Waals surface area contributed by atoms with Crippen molar-refractivity contribution in [3.05, 3.63) is 59.2 Å². The number of hydrogen-bond donors (Lipinski definition) is 1. The summed E-state index contributed by atoms with van der Waals surface area (Å²) in [5.41, 5.74) is 3.52. The summed E-state index contributed by atoms with van der Waals surface area (Å²) in [5, 5.41) is 3.38. The number of guanidine groups is 1. The summed E-state index contributed by atoms with van der Waals surface area (Å²) in [6, 6.07) is 14.4. The molecule has 0 aliphatic carbocycles. The standard InChI is InChI=1S/C23H33N3O3/c1-6-24-23(25-16-19-8-7-9-20(14-19)17-27-3)26(2)13-12-18-10-11-21(28-4)22(15-18)29-5/h7-11,14-15H,6,12-13,16-17H2,1-5H3,(H,24,25). The van der Waals surface area contributed by atoms with Crippen LogP contribution in [0.3, 0.4) is 0 Å². The summed E-state index contributed by atoms with van der Waals surface area (Å²) in [5.74, 6) is 2.39. The van der Waals surface area contributed by atoms with E-state index in [1.165, 1.54) is 11.1 Å². The lowest BCUT2D eigenvalue weighted by Gasteiger charge is -2.22. The van der Waals surface area contributed by atoms with Gasteiger partial charge in [0.05, 0.1) is 27.4 Å². The van der Waals surface area contributed by atoms with Crippen LogP contribution in [0.2, 0.25) is 0 Å². The van der Waals surface area contributed by atoms with Gasteiger partial charge in [-0.05, 0) is 42.2 Å². The fraction of sp³-hybridized carbons (Fsp3) is 0.435. The van der Waals surface area contributed by atoms with E-state index in [2.05, 4.69) is 48.5 Å². The largest absolute Gasteiger partial charge is 0.493 e. The van der Waals surface area contributed by atoms with Gasteiger partial charge in [-0.2, -0.15) is 0 Å².